The van der Waals surface area contributed by atoms with Crippen molar-refractivity contribution in [2.45, 2.75) is 6.92 Å². The van der Waals surface area contributed by atoms with E-state index in [0.29, 0.717) is 4.86 Å². The van der Waals surface area contributed by atoms with Crippen molar-refractivity contribution in [2.24, 2.45) is 0 Å². The van der Waals surface area contributed by atoms with Crippen LogP contribution in [0.2, 0.25) is 0 Å². The molecule has 0 saturated carbocycles. The zero-order chi connectivity index (χ0) is 13.0. The van der Waals surface area contributed by atoms with Crippen LogP contribution in [0.25, 0.3) is 6.08 Å². The Bertz CT molecular complexity index is 568. The Hall–Kier alpha value is -1.93. The number of hydrogen-bond acceptors (Lipinski definition) is 2. The number of rotatable bonds is 3. The standard InChI is InChI=1S/C16H14OS/c1-12-7-9-14(10-8-12)16(18)15(17)11-13-5-3-2-4-6-13/h2-11,17H,1H3. The van der Waals surface area contributed by atoms with E-state index < -0.39 is 0 Å². The van der Waals surface area contributed by atoms with Crippen LogP contribution in [0, 0.1) is 6.92 Å². The molecule has 0 spiro atoms. The summed E-state index contributed by atoms with van der Waals surface area (Å²) >= 11 is 5.27. The van der Waals surface area contributed by atoms with Crippen molar-refractivity contribution >= 4 is 23.2 Å². The van der Waals surface area contributed by atoms with Gasteiger partial charge in [-0.05, 0) is 24.1 Å². The van der Waals surface area contributed by atoms with E-state index in [-0.39, 0.29) is 5.76 Å². The monoisotopic (exact) mass is 254 g/mol. The molecule has 0 aliphatic carbocycles. The van der Waals surface area contributed by atoms with Gasteiger partial charge in [0.2, 0.25) is 0 Å². The van der Waals surface area contributed by atoms with Crippen LogP contribution in [-0.2, 0) is 0 Å². The summed E-state index contributed by atoms with van der Waals surface area (Å²) in [5.74, 6) is 0.125. The Balaban J connectivity index is 2.24. The van der Waals surface area contributed by atoms with Crippen LogP contribution in [0.15, 0.2) is 60.4 Å². The third-order valence-corrected chi connectivity index (χ3v) is 3.09. The fourth-order valence-corrected chi connectivity index (χ4v) is 1.82. The lowest BCUT2D eigenvalue weighted by atomic mass is 10.1. The van der Waals surface area contributed by atoms with Crippen LogP contribution in [0.3, 0.4) is 0 Å². The van der Waals surface area contributed by atoms with E-state index in [1.54, 1.807) is 6.08 Å². The SMILES string of the molecule is Cc1ccc(C(=S)C(O)=Cc2ccccc2)cc1. The number of allylic oxidation sites excluding steroid dienone is 1. The van der Waals surface area contributed by atoms with Gasteiger partial charge in [-0.25, -0.2) is 0 Å². The first kappa shape index (κ1) is 12.5. The van der Waals surface area contributed by atoms with Crippen molar-refractivity contribution in [2.75, 3.05) is 0 Å². The van der Waals surface area contributed by atoms with Crippen LogP contribution in [0.1, 0.15) is 16.7 Å². The Morgan fingerprint density at radius 1 is 1.00 bits per heavy atom. The average Bonchev–Trinajstić information content (AvgIpc) is 2.40. The molecule has 0 unspecified atom stereocenters. The van der Waals surface area contributed by atoms with Crippen LogP contribution in [0.4, 0.5) is 0 Å². The highest BCUT2D eigenvalue weighted by atomic mass is 32.1. The fourth-order valence-electron chi connectivity index (χ4n) is 1.63. The number of hydrogen-bond donors (Lipinski definition) is 1. The molecule has 2 aromatic carbocycles. The van der Waals surface area contributed by atoms with Crippen molar-refractivity contribution in [1.82, 2.24) is 0 Å². The molecule has 0 fully saturated rings. The summed E-state index contributed by atoms with van der Waals surface area (Å²) in [4.78, 5) is 0.471. The van der Waals surface area contributed by atoms with Gasteiger partial charge in [0.25, 0.3) is 0 Å². The third kappa shape index (κ3) is 3.05. The van der Waals surface area contributed by atoms with Gasteiger partial charge in [-0.2, -0.15) is 0 Å². The van der Waals surface area contributed by atoms with Crippen LogP contribution < -0.4 is 0 Å². The summed E-state index contributed by atoms with van der Waals surface area (Å²) in [6, 6.07) is 17.4. The van der Waals surface area contributed by atoms with E-state index in [1.165, 1.54) is 5.56 Å². The molecule has 1 nitrogen and oxygen atoms in total. The summed E-state index contributed by atoms with van der Waals surface area (Å²) in [6.45, 7) is 2.02. The molecule has 2 rings (SSSR count). The highest BCUT2D eigenvalue weighted by Gasteiger charge is 2.05. The second kappa shape index (κ2) is 5.61. The van der Waals surface area contributed by atoms with Crippen LogP contribution in [0.5, 0.6) is 0 Å². The summed E-state index contributed by atoms with van der Waals surface area (Å²) in [7, 11) is 0. The Labute approximate surface area is 112 Å². The minimum atomic E-state index is 0.125. The van der Waals surface area contributed by atoms with Crippen LogP contribution in [-0.4, -0.2) is 9.97 Å². The van der Waals surface area contributed by atoms with Crippen molar-refractivity contribution in [3.8, 4) is 0 Å². The van der Waals surface area contributed by atoms with Gasteiger partial charge in [-0.15, -0.1) is 0 Å². The van der Waals surface area contributed by atoms with E-state index in [4.69, 9.17) is 12.2 Å². The molecule has 0 heterocycles. The molecule has 90 valence electrons. The van der Waals surface area contributed by atoms with Crippen molar-refractivity contribution < 1.29 is 5.11 Å². The van der Waals surface area contributed by atoms with Gasteiger partial charge in [-0.3, -0.25) is 0 Å². The van der Waals surface area contributed by atoms with Crippen LogP contribution >= 0.6 is 12.2 Å². The number of aryl methyl sites for hydroxylation is 1. The summed E-state index contributed by atoms with van der Waals surface area (Å²) in [5.41, 5.74) is 2.97. The molecular formula is C16H14OS. The largest absolute Gasteiger partial charge is 0.506 e. The van der Waals surface area contributed by atoms with Gasteiger partial charge in [0, 0.05) is 0 Å². The van der Waals surface area contributed by atoms with Crippen molar-refractivity contribution in [3.63, 3.8) is 0 Å². The highest BCUT2D eigenvalue weighted by Crippen LogP contribution is 2.12. The quantitative estimate of drug-likeness (QED) is 0.381. The molecule has 0 saturated heterocycles. The lowest BCUT2D eigenvalue weighted by Crippen LogP contribution is -2.01. The Kier molecular flexibility index (Phi) is 3.90. The molecule has 0 amide bonds. The lowest BCUT2D eigenvalue weighted by Gasteiger charge is -2.04. The molecule has 0 bridgehead atoms. The molecule has 1 N–H and O–H groups in total. The molecular weight excluding hydrogens is 240 g/mol. The predicted molar refractivity (Wildman–Crippen MR) is 79.9 cm³/mol. The van der Waals surface area contributed by atoms with E-state index in [9.17, 15) is 5.11 Å². The normalized spacial score (nSPS) is 11.3. The molecule has 0 aliphatic rings. The minimum Gasteiger partial charge on any atom is -0.506 e. The van der Waals surface area contributed by atoms with E-state index in [0.717, 1.165) is 11.1 Å². The Morgan fingerprint density at radius 2 is 1.61 bits per heavy atom. The van der Waals surface area contributed by atoms with Gasteiger partial charge in [0.1, 0.15) is 5.76 Å². The molecule has 2 aromatic rings. The maximum absolute atomic E-state index is 10.0. The number of aliphatic hydroxyl groups is 1. The van der Waals surface area contributed by atoms with Crippen molar-refractivity contribution in [1.29, 1.82) is 0 Å². The fraction of sp³-hybridized carbons (Fsp3) is 0.0625. The van der Waals surface area contributed by atoms with Gasteiger partial charge in [0.05, 0.1) is 4.86 Å². The lowest BCUT2D eigenvalue weighted by molar-refractivity contribution is 0.450. The Morgan fingerprint density at radius 3 is 2.22 bits per heavy atom. The maximum atomic E-state index is 10.0. The number of aliphatic hydroxyl groups excluding tert-OH is 1. The maximum Gasteiger partial charge on any atom is 0.134 e. The first-order chi connectivity index (χ1) is 8.66. The second-order valence-electron chi connectivity index (χ2n) is 4.14. The molecule has 0 atom stereocenters. The molecule has 2 heteroatoms. The molecule has 0 aromatic heterocycles. The number of benzene rings is 2. The molecule has 0 aliphatic heterocycles. The van der Waals surface area contributed by atoms with E-state index in [1.807, 2.05) is 61.5 Å². The molecule has 0 radical (unpaired) electrons. The average molecular weight is 254 g/mol. The minimum absolute atomic E-state index is 0.125. The topological polar surface area (TPSA) is 20.2 Å². The molecule has 18 heavy (non-hydrogen) atoms. The first-order valence-electron chi connectivity index (χ1n) is 5.74. The summed E-state index contributed by atoms with van der Waals surface area (Å²) in [6.07, 6.45) is 1.68. The van der Waals surface area contributed by atoms with Gasteiger partial charge in [-0.1, -0.05) is 72.4 Å². The van der Waals surface area contributed by atoms with E-state index in [2.05, 4.69) is 0 Å². The zero-order valence-electron chi connectivity index (χ0n) is 10.1. The predicted octanol–water partition coefficient (Wildman–Crippen LogP) is 4.31. The van der Waals surface area contributed by atoms with E-state index >= 15 is 0 Å². The van der Waals surface area contributed by atoms with Gasteiger partial charge >= 0.3 is 0 Å². The van der Waals surface area contributed by atoms with Gasteiger partial charge < -0.3 is 5.11 Å². The first-order valence-corrected chi connectivity index (χ1v) is 6.15. The highest BCUT2D eigenvalue weighted by molar-refractivity contribution is 7.81. The second-order valence-corrected chi connectivity index (χ2v) is 4.54. The summed E-state index contributed by atoms with van der Waals surface area (Å²) < 4.78 is 0. The van der Waals surface area contributed by atoms with Gasteiger partial charge in [0.15, 0.2) is 0 Å². The third-order valence-electron chi connectivity index (χ3n) is 2.65. The summed E-state index contributed by atoms with van der Waals surface area (Å²) in [5, 5.41) is 10.0. The van der Waals surface area contributed by atoms with Crippen molar-refractivity contribution in [3.05, 3.63) is 77.0 Å². The number of thiocarbonyl (C=S) groups is 1. The smallest absolute Gasteiger partial charge is 0.134 e. The zero-order valence-corrected chi connectivity index (χ0v) is 10.9.